The second kappa shape index (κ2) is 5.07. The molecule has 5 heteroatoms. The van der Waals surface area contributed by atoms with Crippen LogP contribution in [0, 0.1) is 6.92 Å². The number of carbonyl (C=O) groups is 1. The maximum absolute atomic E-state index is 11.9. The van der Waals surface area contributed by atoms with Gasteiger partial charge in [0.2, 0.25) is 5.91 Å². The van der Waals surface area contributed by atoms with Gasteiger partial charge in [0.25, 0.3) is 0 Å². The van der Waals surface area contributed by atoms with Gasteiger partial charge >= 0.3 is 0 Å². The van der Waals surface area contributed by atoms with Crippen molar-refractivity contribution in [3.63, 3.8) is 0 Å². The summed E-state index contributed by atoms with van der Waals surface area (Å²) >= 11 is 1.47. The SMILES string of the molecule is Cc1cccc(NC(=O)C(N)c2cccs2)n1. The molecule has 0 radical (unpaired) electrons. The Morgan fingerprint density at radius 3 is 2.88 bits per heavy atom. The summed E-state index contributed by atoms with van der Waals surface area (Å²) < 4.78 is 0. The monoisotopic (exact) mass is 247 g/mol. The number of hydrogen-bond donors (Lipinski definition) is 2. The van der Waals surface area contributed by atoms with E-state index >= 15 is 0 Å². The molecule has 2 aromatic rings. The van der Waals surface area contributed by atoms with E-state index in [4.69, 9.17) is 5.73 Å². The molecule has 0 aliphatic rings. The summed E-state index contributed by atoms with van der Waals surface area (Å²) in [4.78, 5) is 16.9. The smallest absolute Gasteiger partial charge is 0.247 e. The minimum Gasteiger partial charge on any atom is -0.316 e. The van der Waals surface area contributed by atoms with Crippen molar-refractivity contribution in [1.82, 2.24) is 4.98 Å². The van der Waals surface area contributed by atoms with E-state index in [9.17, 15) is 4.79 Å². The first-order chi connectivity index (χ1) is 8.16. The molecule has 88 valence electrons. The molecule has 0 bridgehead atoms. The van der Waals surface area contributed by atoms with Gasteiger partial charge in [-0.25, -0.2) is 4.98 Å². The molecule has 2 rings (SSSR count). The number of aromatic nitrogens is 1. The van der Waals surface area contributed by atoms with Gasteiger partial charge in [-0.3, -0.25) is 4.79 Å². The molecular weight excluding hydrogens is 234 g/mol. The fourth-order valence-electron chi connectivity index (χ4n) is 1.41. The highest BCUT2D eigenvalue weighted by molar-refractivity contribution is 7.10. The molecule has 0 spiro atoms. The van der Waals surface area contributed by atoms with Crippen LogP contribution >= 0.6 is 11.3 Å². The number of nitrogens with zero attached hydrogens (tertiary/aromatic N) is 1. The normalized spacial score (nSPS) is 12.1. The van der Waals surface area contributed by atoms with Gasteiger partial charge in [0.15, 0.2) is 0 Å². The van der Waals surface area contributed by atoms with Gasteiger partial charge in [-0.05, 0) is 30.5 Å². The van der Waals surface area contributed by atoms with Crippen LogP contribution in [0.1, 0.15) is 16.6 Å². The Balaban J connectivity index is 2.07. The van der Waals surface area contributed by atoms with E-state index in [2.05, 4.69) is 10.3 Å². The third kappa shape index (κ3) is 2.89. The molecule has 2 aromatic heterocycles. The van der Waals surface area contributed by atoms with Crippen molar-refractivity contribution in [2.24, 2.45) is 5.73 Å². The zero-order chi connectivity index (χ0) is 12.3. The van der Waals surface area contributed by atoms with Crippen LogP contribution in [-0.4, -0.2) is 10.9 Å². The van der Waals surface area contributed by atoms with Gasteiger partial charge in [0.05, 0.1) is 0 Å². The highest BCUT2D eigenvalue weighted by Gasteiger charge is 2.16. The Morgan fingerprint density at radius 2 is 2.24 bits per heavy atom. The Labute approximate surface area is 103 Å². The van der Waals surface area contributed by atoms with Crippen LogP contribution in [0.3, 0.4) is 0 Å². The summed E-state index contributed by atoms with van der Waals surface area (Å²) in [6.07, 6.45) is 0. The molecule has 17 heavy (non-hydrogen) atoms. The molecule has 2 heterocycles. The van der Waals surface area contributed by atoms with Gasteiger partial charge in [-0.1, -0.05) is 12.1 Å². The number of amides is 1. The van der Waals surface area contributed by atoms with Crippen molar-refractivity contribution < 1.29 is 4.79 Å². The molecule has 1 amide bonds. The fourth-order valence-corrected chi connectivity index (χ4v) is 2.14. The van der Waals surface area contributed by atoms with E-state index in [0.717, 1.165) is 10.6 Å². The van der Waals surface area contributed by atoms with Crippen molar-refractivity contribution >= 4 is 23.1 Å². The maximum Gasteiger partial charge on any atom is 0.247 e. The lowest BCUT2D eigenvalue weighted by atomic mass is 10.2. The number of thiophene rings is 1. The maximum atomic E-state index is 11.9. The molecule has 3 N–H and O–H groups in total. The van der Waals surface area contributed by atoms with Crippen LogP contribution in [0.2, 0.25) is 0 Å². The topological polar surface area (TPSA) is 68.0 Å². The molecule has 0 aromatic carbocycles. The number of aryl methyl sites for hydroxylation is 1. The molecule has 1 atom stereocenters. The summed E-state index contributed by atoms with van der Waals surface area (Å²) in [5, 5.41) is 4.60. The van der Waals surface area contributed by atoms with Crippen LogP contribution in [0.4, 0.5) is 5.82 Å². The average molecular weight is 247 g/mol. The Morgan fingerprint density at radius 1 is 1.41 bits per heavy atom. The predicted octanol–water partition coefficient (Wildman–Crippen LogP) is 2.09. The second-order valence-electron chi connectivity index (χ2n) is 3.65. The van der Waals surface area contributed by atoms with E-state index in [0.29, 0.717) is 5.82 Å². The van der Waals surface area contributed by atoms with Gasteiger partial charge in [0.1, 0.15) is 11.9 Å². The highest BCUT2D eigenvalue weighted by Crippen LogP contribution is 2.18. The summed E-state index contributed by atoms with van der Waals surface area (Å²) in [7, 11) is 0. The molecule has 0 saturated heterocycles. The first kappa shape index (κ1) is 11.8. The summed E-state index contributed by atoms with van der Waals surface area (Å²) in [6, 6.07) is 8.53. The number of nitrogens with two attached hydrogens (primary N) is 1. The van der Waals surface area contributed by atoms with Crippen molar-refractivity contribution in [2.45, 2.75) is 13.0 Å². The zero-order valence-corrected chi connectivity index (χ0v) is 10.2. The van der Waals surface area contributed by atoms with Crippen LogP contribution in [0.15, 0.2) is 35.7 Å². The predicted molar refractivity (Wildman–Crippen MR) is 68.9 cm³/mol. The van der Waals surface area contributed by atoms with Crippen LogP contribution in [0.5, 0.6) is 0 Å². The molecule has 0 saturated carbocycles. The second-order valence-corrected chi connectivity index (χ2v) is 4.63. The first-order valence-corrected chi connectivity index (χ1v) is 6.08. The first-order valence-electron chi connectivity index (χ1n) is 5.20. The molecule has 0 aliphatic heterocycles. The van der Waals surface area contributed by atoms with E-state index in [-0.39, 0.29) is 5.91 Å². The van der Waals surface area contributed by atoms with Crippen molar-refractivity contribution in [3.8, 4) is 0 Å². The minimum atomic E-state index is -0.641. The summed E-state index contributed by atoms with van der Waals surface area (Å²) in [5.41, 5.74) is 6.69. The molecule has 1 unspecified atom stereocenters. The minimum absolute atomic E-state index is 0.245. The highest BCUT2D eigenvalue weighted by atomic mass is 32.1. The van der Waals surface area contributed by atoms with E-state index < -0.39 is 6.04 Å². The number of anilines is 1. The number of hydrogen-bond acceptors (Lipinski definition) is 4. The Bertz CT molecular complexity index is 510. The average Bonchev–Trinajstić information content (AvgIpc) is 2.81. The molecule has 4 nitrogen and oxygen atoms in total. The largest absolute Gasteiger partial charge is 0.316 e. The third-order valence-corrected chi connectivity index (χ3v) is 3.23. The van der Waals surface area contributed by atoms with E-state index in [1.165, 1.54) is 11.3 Å². The number of carbonyl (C=O) groups excluding carboxylic acids is 1. The van der Waals surface area contributed by atoms with Crippen LogP contribution in [0.25, 0.3) is 0 Å². The molecular formula is C12H13N3OS. The van der Waals surface area contributed by atoms with Gasteiger partial charge in [0, 0.05) is 10.6 Å². The van der Waals surface area contributed by atoms with E-state index in [1.807, 2.05) is 36.6 Å². The summed E-state index contributed by atoms with van der Waals surface area (Å²) in [5.74, 6) is 0.285. The van der Waals surface area contributed by atoms with Crippen molar-refractivity contribution in [1.29, 1.82) is 0 Å². The van der Waals surface area contributed by atoms with E-state index in [1.54, 1.807) is 6.07 Å². The lowest BCUT2D eigenvalue weighted by Gasteiger charge is -2.10. The number of rotatable bonds is 3. The number of pyridine rings is 1. The third-order valence-electron chi connectivity index (χ3n) is 2.27. The van der Waals surface area contributed by atoms with Gasteiger partial charge in [-0.15, -0.1) is 11.3 Å². The Kier molecular flexibility index (Phi) is 3.51. The number of nitrogens with one attached hydrogen (secondary N) is 1. The summed E-state index contributed by atoms with van der Waals surface area (Å²) in [6.45, 7) is 1.87. The van der Waals surface area contributed by atoms with Crippen molar-refractivity contribution in [3.05, 3.63) is 46.3 Å². The van der Waals surface area contributed by atoms with Crippen LogP contribution in [-0.2, 0) is 4.79 Å². The quantitative estimate of drug-likeness (QED) is 0.872. The van der Waals surface area contributed by atoms with Crippen LogP contribution < -0.4 is 11.1 Å². The lowest BCUT2D eigenvalue weighted by Crippen LogP contribution is -2.27. The lowest BCUT2D eigenvalue weighted by molar-refractivity contribution is -0.117. The van der Waals surface area contributed by atoms with Gasteiger partial charge < -0.3 is 11.1 Å². The molecule has 0 aliphatic carbocycles. The standard InChI is InChI=1S/C12H13N3OS/c1-8-4-2-6-10(14-8)15-12(16)11(13)9-5-3-7-17-9/h2-7,11H,13H2,1H3,(H,14,15,16). The van der Waals surface area contributed by atoms with Crippen molar-refractivity contribution in [2.75, 3.05) is 5.32 Å². The van der Waals surface area contributed by atoms with Gasteiger partial charge in [-0.2, -0.15) is 0 Å². The molecule has 0 fully saturated rings. The fraction of sp³-hybridized carbons (Fsp3) is 0.167. The Hall–Kier alpha value is -1.72. The zero-order valence-electron chi connectivity index (χ0n) is 9.38.